The van der Waals surface area contributed by atoms with Crippen LogP contribution in [-0.2, 0) is 14.3 Å². The second-order valence-corrected chi connectivity index (χ2v) is 6.42. The number of hydrogen-bond acceptors (Lipinski definition) is 4. The van der Waals surface area contributed by atoms with E-state index in [0.717, 1.165) is 0 Å². The molecule has 0 aliphatic carbocycles. The second-order valence-electron chi connectivity index (χ2n) is 6.42. The van der Waals surface area contributed by atoms with Crippen LogP contribution >= 0.6 is 0 Å². The summed E-state index contributed by atoms with van der Waals surface area (Å²) in [5.41, 5.74) is -3.61. The Balaban J connectivity index is 1.95. The lowest BCUT2D eigenvalue weighted by molar-refractivity contribution is -0.264. The number of likely N-dealkylation sites (tertiary alicyclic amines) is 1. The first-order valence-electron chi connectivity index (χ1n) is 7.56. The van der Waals surface area contributed by atoms with E-state index in [-0.39, 0.29) is 19.4 Å². The van der Waals surface area contributed by atoms with E-state index in [1.807, 2.05) is 4.90 Å². The zero-order valence-corrected chi connectivity index (χ0v) is 12.5. The maximum absolute atomic E-state index is 13.5. The van der Waals surface area contributed by atoms with E-state index in [0.29, 0.717) is 19.6 Å². The molecule has 3 fully saturated rings. The molecule has 3 rings (SSSR count). The lowest BCUT2D eigenvalue weighted by Crippen LogP contribution is -2.60. The number of rotatable bonds is 4. The third-order valence-corrected chi connectivity index (χ3v) is 5.19. The summed E-state index contributed by atoms with van der Waals surface area (Å²) in [5.74, 6) is -1.60. The number of hydrogen-bond donors (Lipinski definition) is 0. The Morgan fingerprint density at radius 1 is 1.41 bits per heavy atom. The molecule has 0 aromatic rings. The molecule has 3 aliphatic heterocycles. The molecule has 0 N–H and O–H groups in total. The maximum atomic E-state index is 13.5. The highest BCUT2D eigenvalue weighted by atomic mass is 19.4. The van der Waals surface area contributed by atoms with Gasteiger partial charge in [-0.05, 0) is 19.8 Å². The van der Waals surface area contributed by atoms with Gasteiger partial charge in [-0.3, -0.25) is 4.90 Å². The van der Waals surface area contributed by atoms with Gasteiger partial charge in [0.25, 0.3) is 0 Å². The molecule has 0 radical (unpaired) electrons. The summed E-state index contributed by atoms with van der Waals surface area (Å²) in [6, 6.07) is 0. The van der Waals surface area contributed by atoms with Gasteiger partial charge in [-0.1, -0.05) is 6.08 Å². The number of nitrogens with zero attached hydrogens (tertiary/aromatic N) is 1. The minimum Gasteiger partial charge on any atom is -0.464 e. The van der Waals surface area contributed by atoms with Crippen LogP contribution in [0.1, 0.15) is 19.8 Å². The van der Waals surface area contributed by atoms with Crippen molar-refractivity contribution in [3.63, 3.8) is 0 Å². The summed E-state index contributed by atoms with van der Waals surface area (Å²) < 4.78 is 51.1. The molecule has 2 bridgehead atoms. The van der Waals surface area contributed by atoms with E-state index in [9.17, 15) is 18.0 Å². The molecular weight excluding hydrogens is 299 g/mol. The molecule has 3 aliphatic rings. The van der Waals surface area contributed by atoms with E-state index in [1.54, 1.807) is 13.0 Å². The summed E-state index contributed by atoms with van der Waals surface area (Å²) in [6.07, 6.45) is -3.07. The van der Waals surface area contributed by atoms with Crippen molar-refractivity contribution in [2.75, 3.05) is 26.2 Å². The Hall–Kier alpha value is -1.08. The molecule has 0 aromatic heterocycles. The van der Waals surface area contributed by atoms with Crippen LogP contribution in [0.15, 0.2) is 12.7 Å². The van der Waals surface area contributed by atoms with Gasteiger partial charge in [0.15, 0.2) is 11.2 Å². The topological polar surface area (TPSA) is 38.8 Å². The molecule has 7 heteroatoms. The van der Waals surface area contributed by atoms with Crippen LogP contribution < -0.4 is 0 Å². The molecule has 124 valence electrons. The summed E-state index contributed by atoms with van der Waals surface area (Å²) >= 11 is 0. The van der Waals surface area contributed by atoms with Gasteiger partial charge in [-0.15, -0.1) is 6.58 Å². The molecule has 2 atom stereocenters. The second kappa shape index (κ2) is 4.96. The normalized spacial score (nSPS) is 40.7. The van der Waals surface area contributed by atoms with Crippen LogP contribution in [0.4, 0.5) is 13.2 Å². The van der Waals surface area contributed by atoms with Gasteiger partial charge in [-0.2, -0.15) is 13.2 Å². The fourth-order valence-corrected chi connectivity index (χ4v) is 4.43. The molecule has 0 spiro atoms. The molecule has 2 unspecified atom stereocenters. The van der Waals surface area contributed by atoms with E-state index < -0.39 is 35.2 Å². The number of alkyl halides is 3. The highest BCUT2D eigenvalue weighted by Gasteiger charge is 2.79. The predicted octanol–water partition coefficient (Wildman–Crippen LogP) is 2.15. The van der Waals surface area contributed by atoms with Gasteiger partial charge in [0.2, 0.25) is 0 Å². The Morgan fingerprint density at radius 2 is 2.00 bits per heavy atom. The third-order valence-electron chi connectivity index (χ3n) is 5.19. The Kier molecular flexibility index (Phi) is 3.56. The van der Waals surface area contributed by atoms with E-state index in [1.165, 1.54) is 0 Å². The lowest BCUT2D eigenvalue weighted by atomic mass is 9.64. The first-order valence-corrected chi connectivity index (χ1v) is 7.56. The largest absolute Gasteiger partial charge is 0.464 e. The summed E-state index contributed by atoms with van der Waals surface area (Å²) in [4.78, 5) is 14.5. The first kappa shape index (κ1) is 15.8. The number of ether oxygens (including phenoxy) is 2. The molecule has 3 saturated heterocycles. The van der Waals surface area contributed by atoms with Gasteiger partial charge in [0.05, 0.1) is 6.61 Å². The molecule has 0 amide bonds. The molecule has 3 heterocycles. The van der Waals surface area contributed by atoms with E-state index in [4.69, 9.17) is 9.47 Å². The fourth-order valence-electron chi connectivity index (χ4n) is 4.43. The van der Waals surface area contributed by atoms with E-state index >= 15 is 0 Å². The van der Waals surface area contributed by atoms with Crippen LogP contribution in [0, 0.1) is 11.8 Å². The Labute approximate surface area is 127 Å². The highest BCUT2D eigenvalue weighted by molar-refractivity contribution is 5.82. The minimum atomic E-state index is -4.46. The van der Waals surface area contributed by atoms with Crippen LogP contribution in [0.25, 0.3) is 0 Å². The molecule has 0 aromatic carbocycles. The van der Waals surface area contributed by atoms with Crippen molar-refractivity contribution >= 4 is 5.97 Å². The number of carbonyl (C=O) groups excluding carboxylic acids is 1. The lowest BCUT2D eigenvalue weighted by Gasteiger charge is -2.46. The zero-order chi connectivity index (χ0) is 16.2. The van der Waals surface area contributed by atoms with Crippen LogP contribution in [0.3, 0.4) is 0 Å². The number of carbonyl (C=O) groups is 1. The average Bonchev–Trinajstić information content (AvgIpc) is 2.91. The summed E-state index contributed by atoms with van der Waals surface area (Å²) in [5, 5.41) is 0. The average molecular weight is 319 g/mol. The summed E-state index contributed by atoms with van der Waals surface area (Å²) in [7, 11) is 0. The third kappa shape index (κ3) is 1.94. The molecule has 0 saturated carbocycles. The van der Waals surface area contributed by atoms with Crippen LogP contribution in [0.2, 0.25) is 0 Å². The van der Waals surface area contributed by atoms with Crippen molar-refractivity contribution in [2.45, 2.75) is 37.1 Å². The highest BCUT2D eigenvalue weighted by Crippen LogP contribution is 2.64. The zero-order valence-electron chi connectivity index (χ0n) is 12.5. The smallest absolute Gasteiger partial charge is 0.417 e. The number of piperidine rings is 1. The van der Waals surface area contributed by atoms with E-state index in [2.05, 4.69) is 6.58 Å². The van der Waals surface area contributed by atoms with Crippen molar-refractivity contribution in [1.29, 1.82) is 0 Å². The first-order chi connectivity index (χ1) is 10.3. The van der Waals surface area contributed by atoms with Crippen molar-refractivity contribution in [1.82, 2.24) is 4.90 Å². The Bertz CT molecular complexity index is 475. The van der Waals surface area contributed by atoms with Gasteiger partial charge in [-0.25, -0.2) is 4.79 Å². The van der Waals surface area contributed by atoms with Gasteiger partial charge in [0.1, 0.15) is 0 Å². The van der Waals surface area contributed by atoms with Gasteiger partial charge < -0.3 is 9.47 Å². The van der Waals surface area contributed by atoms with Crippen molar-refractivity contribution in [3.8, 4) is 0 Å². The minimum absolute atomic E-state index is 0.138. The molecule has 4 nitrogen and oxygen atoms in total. The molecule has 22 heavy (non-hydrogen) atoms. The molecular formula is C15H20F3NO3. The fraction of sp³-hybridized carbons (Fsp3) is 0.800. The number of fused-ring (bicyclic) bond motifs is 1. The maximum Gasteiger partial charge on any atom is 0.417 e. The quantitative estimate of drug-likeness (QED) is 0.588. The SMILES string of the molecule is C=CCN1CC2CC3(C(F)(F)F)CC(C1)C2(C(=O)OCC)O3. The van der Waals surface area contributed by atoms with Crippen molar-refractivity contribution in [2.24, 2.45) is 11.8 Å². The monoisotopic (exact) mass is 319 g/mol. The number of esters is 1. The van der Waals surface area contributed by atoms with Gasteiger partial charge in [0, 0.05) is 31.5 Å². The van der Waals surface area contributed by atoms with Crippen molar-refractivity contribution < 1.29 is 27.4 Å². The van der Waals surface area contributed by atoms with Crippen LogP contribution in [-0.4, -0.2) is 54.5 Å². The standard InChI is InChI=1S/C15H20F3NO3/c1-3-5-19-8-10-6-13(15(16,17)18)7-11(9-19)14(10,22-13)12(20)21-4-2/h3,10-11H,1,4-9H2,2H3. The number of halogens is 3. The summed E-state index contributed by atoms with van der Waals surface area (Å²) in [6.45, 7) is 6.86. The van der Waals surface area contributed by atoms with Crippen LogP contribution in [0.5, 0.6) is 0 Å². The van der Waals surface area contributed by atoms with Gasteiger partial charge >= 0.3 is 12.1 Å². The predicted molar refractivity (Wildman–Crippen MR) is 72.1 cm³/mol. The Morgan fingerprint density at radius 3 is 2.45 bits per heavy atom. The van der Waals surface area contributed by atoms with Crippen molar-refractivity contribution in [3.05, 3.63) is 12.7 Å².